The van der Waals surface area contributed by atoms with Crippen molar-refractivity contribution in [3.05, 3.63) is 0 Å². The summed E-state index contributed by atoms with van der Waals surface area (Å²) >= 11 is 0. The summed E-state index contributed by atoms with van der Waals surface area (Å²) in [5.41, 5.74) is 0.277. The van der Waals surface area contributed by atoms with Crippen molar-refractivity contribution in [2.45, 2.75) is 38.4 Å². The molecule has 0 bridgehead atoms. The van der Waals surface area contributed by atoms with Crippen LogP contribution < -0.4 is 0 Å². The first-order valence-electron chi connectivity index (χ1n) is 4.00. The van der Waals surface area contributed by atoms with Gasteiger partial charge in [0, 0.05) is 5.92 Å². The summed E-state index contributed by atoms with van der Waals surface area (Å²) in [5, 5.41) is 18.7. The fraction of sp³-hybridized carbons (Fsp3) is 1.00. The fourth-order valence-corrected chi connectivity index (χ4v) is 2.69. The lowest BCUT2D eigenvalue weighted by Gasteiger charge is -2.47. The zero-order chi connectivity index (χ0) is 7.35. The van der Waals surface area contributed by atoms with E-state index in [4.69, 9.17) is 0 Å². The van der Waals surface area contributed by atoms with E-state index >= 15 is 0 Å². The summed E-state index contributed by atoms with van der Waals surface area (Å²) in [6.07, 6.45) is 2.43. The van der Waals surface area contributed by atoms with Crippen molar-refractivity contribution in [2.24, 2.45) is 11.3 Å². The molecule has 2 saturated carbocycles. The van der Waals surface area contributed by atoms with E-state index in [-0.39, 0.29) is 23.5 Å². The summed E-state index contributed by atoms with van der Waals surface area (Å²) in [7, 11) is 0. The van der Waals surface area contributed by atoms with Gasteiger partial charge in [-0.3, -0.25) is 0 Å². The Bertz CT molecular complexity index is 153. The Kier molecular flexibility index (Phi) is 1.15. The number of aliphatic hydroxyl groups is 2. The zero-order valence-electron chi connectivity index (χ0n) is 6.25. The van der Waals surface area contributed by atoms with E-state index < -0.39 is 0 Å². The van der Waals surface area contributed by atoms with Crippen molar-refractivity contribution < 1.29 is 10.2 Å². The quantitative estimate of drug-likeness (QED) is 0.518. The second-order valence-electron chi connectivity index (χ2n) is 4.06. The largest absolute Gasteiger partial charge is 0.393 e. The Morgan fingerprint density at radius 1 is 1.30 bits per heavy atom. The second kappa shape index (κ2) is 1.74. The Balaban J connectivity index is 2.16. The molecule has 0 heterocycles. The molecule has 4 unspecified atom stereocenters. The molecule has 58 valence electrons. The third-order valence-electron chi connectivity index (χ3n) is 3.32. The lowest BCUT2D eigenvalue weighted by Crippen LogP contribution is -2.50. The molecule has 4 atom stereocenters. The van der Waals surface area contributed by atoms with Gasteiger partial charge in [-0.25, -0.2) is 0 Å². The van der Waals surface area contributed by atoms with Gasteiger partial charge in [0.15, 0.2) is 0 Å². The lowest BCUT2D eigenvalue weighted by atomic mass is 9.61. The maximum Gasteiger partial charge on any atom is 0.0603 e. The fourth-order valence-electron chi connectivity index (χ4n) is 2.69. The highest BCUT2D eigenvalue weighted by Crippen LogP contribution is 2.56. The number of hydrogen-bond acceptors (Lipinski definition) is 2. The molecule has 2 fully saturated rings. The van der Waals surface area contributed by atoms with Gasteiger partial charge in [0.05, 0.1) is 12.2 Å². The Morgan fingerprint density at radius 2 is 2.00 bits per heavy atom. The van der Waals surface area contributed by atoms with Gasteiger partial charge in [0.2, 0.25) is 0 Å². The zero-order valence-corrected chi connectivity index (χ0v) is 6.25. The Morgan fingerprint density at radius 3 is 2.40 bits per heavy atom. The van der Waals surface area contributed by atoms with E-state index in [1.807, 2.05) is 0 Å². The third kappa shape index (κ3) is 0.611. The number of fused-ring (bicyclic) bond motifs is 1. The van der Waals surface area contributed by atoms with Gasteiger partial charge >= 0.3 is 0 Å². The molecule has 0 radical (unpaired) electrons. The van der Waals surface area contributed by atoms with Gasteiger partial charge in [-0.05, 0) is 24.7 Å². The van der Waals surface area contributed by atoms with Crippen LogP contribution in [0.25, 0.3) is 0 Å². The molecule has 2 aliphatic rings. The summed E-state index contributed by atoms with van der Waals surface area (Å²) in [4.78, 5) is 0. The van der Waals surface area contributed by atoms with E-state index in [0.29, 0.717) is 0 Å². The summed E-state index contributed by atoms with van der Waals surface area (Å²) in [6.45, 7) is 2.17. The van der Waals surface area contributed by atoms with Gasteiger partial charge in [-0.15, -0.1) is 0 Å². The minimum atomic E-state index is -0.228. The SMILES string of the molecule is CC12CCC(O)C1C(O)C2. The average molecular weight is 142 g/mol. The van der Waals surface area contributed by atoms with Crippen LogP contribution in [0.4, 0.5) is 0 Å². The predicted octanol–water partition coefficient (Wildman–Crippen LogP) is 0.528. The van der Waals surface area contributed by atoms with Crippen LogP contribution in [0.1, 0.15) is 26.2 Å². The van der Waals surface area contributed by atoms with Crippen LogP contribution in [-0.4, -0.2) is 22.4 Å². The number of hydrogen-bond donors (Lipinski definition) is 2. The molecule has 2 nitrogen and oxygen atoms in total. The van der Waals surface area contributed by atoms with Gasteiger partial charge in [-0.1, -0.05) is 6.92 Å². The smallest absolute Gasteiger partial charge is 0.0603 e. The number of rotatable bonds is 0. The molecule has 2 N–H and O–H groups in total. The maximum absolute atomic E-state index is 9.39. The molecule has 2 rings (SSSR count). The molecular weight excluding hydrogens is 128 g/mol. The predicted molar refractivity (Wildman–Crippen MR) is 37.5 cm³/mol. The van der Waals surface area contributed by atoms with Crippen molar-refractivity contribution in [2.75, 3.05) is 0 Å². The minimum absolute atomic E-state index is 0.187. The van der Waals surface area contributed by atoms with Crippen LogP contribution in [-0.2, 0) is 0 Å². The Labute approximate surface area is 60.9 Å². The van der Waals surface area contributed by atoms with Crippen molar-refractivity contribution >= 4 is 0 Å². The van der Waals surface area contributed by atoms with Crippen LogP contribution in [0.5, 0.6) is 0 Å². The molecule has 2 heteroatoms. The van der Waals surface area contributed by atoms with E-state index in [1.165, 1.54) is 0 Å². The van der Waals surface area contributed by atoms with Crippen molar-refractivity contribution in [1.29, 1.82) is 0 Å². The first-order valence-corrected chi connectivity index (χ1v) is 4.00. The molecule has 2 aliphatic carbocycles. The van der Waals surface area contributed by atoms with E-state index in [9.17, 15) is 10.2 Å². The first kappa shape index (κ1) is 6.62. The maximum atomic E-state index is 9.39. The molecular formula is C8H14O2. The van der Waals surface area contributed by atoms with Crippen LogP contribution in [0.2, 0.25) is 0 Å². The van der Waals surface area contributed by atoms with Crippen LogP contribution in [0.15, 0.2) is 0 Å². The van der Waals surface area contributed by atoms with Gasteiger partial charge in [-0.2, -0.15) is 0 Å². The third-order valence-corrected chi connectivity index (χ3v) is 3.32. The first-order chi connectivity index (χ1) is 4.63. The molecule has 10 heavy (non-hydrogen) atoms. The summed E-state index contributed by atoms with van der Waals surface area (Å²) in [5.74, 6) is 0.187. The minimum Gasteiger partial charge on any atom is -0.393 e. The highest BCUT2D eigenvalue weighted by Gasteiger charge is 2.56. The van der Waals surface area contributed by atoms with Crippen molar-refractivity contribution in [1.82, 2.24) is 0 Å². The van der Waals surface area contributed by atoms with Gasteiger partial charge < -0.3 is 10.2 Å². The van der Waals surface area contributed by atoms with Gasteiger partial charge in [0.25, 0.3) is 0 Å². The molecule has 0 aromatic rings. The van der Waals surface area contributed by atoms with Crippen molar-refractivity contribution in [3.63, 3.8) is 0 Å². The van der Waals surface area contributed by atoms with Crippen LogP contribution >= 0.6 is 0 Å². The highest BCUT2D eigenvalue weighted by molar-refractivity contribution is 5.06. The second-order valence-corrected chi connectivity index (χ2v) is 4.06. The molecule has 0 aliphatic heterocycles. The normalized spacial score (nSPS) is 59.7. The number of aliphatic hydroxyl groups excluding tert-OH is 2. The van der Waals surface area contributed by atoms with Crippen LogP contribution in [0.3, 0.4) is 0 Å². The average Bonchev–Trinajstić information content (AvgIpc) is 2.03. The van der Waals surface area contributed by atoms with E-state index in [2.05, 4.69) is 6.92 Å². The molecule has 0 spiro atoms. The van der Waals surface area contributed by atoms with Crippen LogP contribution in [0, 0.1) is 11.3 Å². The summed E-state index contributed by atoms with van der Waals surface area (Å²) in [6, 6.07) is 0. The summed E-state index contributed by atoms with van der Waals surface area (Å²) < 4.78 is 0. The molecule has 0 aromatic heterocycles. The molecule has 0 saturated heterocycles. The molecule has 0 amide bonds. The van der Waals surface area contributed by atoms with Gasteiger partial charge in [0.1, 0.15) is 0 Å². The molecule has 0 aromatic carbocycles. The van der Waals surface area contributed by atoms with E-state index in [1.54, 1.807) is 0 Å². The van der Waals surface area contributed by atoms with E-state index in [0.717, 1.165) is 19.3 Å². The topological polar surface area (TPSA) is 40.5 Å². The lowest BCUT2D eigenvalue weighted by molar-refractivity contribution is -0.113. The van der Waals surface area contributed by atoms with Crippen molar-refractivity contribution in [3.8, 4) is 0 Å². The monoisotopic (exact) mass is 142 g/mol. The Hall–Kier alpha value is -0.0800. The standard InChI is InChI=1S/C8H14O2/c1-8-3-2-5(9)7(8)6(10)4-8/h5-7,9-10H,2-4H2,1H3. The highest BCUT2D eigenvalue weighted by atomic mass is 16.3.